The zero-order valence-electron chi connectivity index (χ0n) is 8.62. The molecule has 13 heavy (non-hydrogen) atoms. The molecule has 1 saturated heterocycles. The van der Waals surface area contributed by atoms with Crippen LogP contribution in [0.15, 0.2) is 0 Å². The van der Waals surface area contributed by atoms with Crippen LogP contribution in [0, 0.1) is 0 Å². The Labute approximate surface area is 80.5 Å². The van der Waals surface area contributed by atoms with Crippen LogP contribution in [0.3, 0.4) is 0 Å². The number of aliphatic hydroxyl groups is 1. The highest BCUT2D eigenvalue weighted by atomic mass is 16.5. The quantitative estimate of drug-likeness (QED) is 0.672. The van der Waals surface area contributed by atoms with Crippen molar-refractivity contribution in [3.05, 3.63) is 0 Å². The molecule has 1 rings (SSSR count). The minimum atomic E-state index is -0.216. The van der Waals surface area contributed by atoms with Crippen LogP contribution in [0.1, 0.15) is 33.1 Å². The van der Waals surface area contributed by atoms with E-state index < -0.39 is 0 Å². The first-order chi connectivity index (χ1) is 6.18. The lowest BCUT2D eigenvalue weighted by Crippen LogP contribution is -2.35. The molecule has 1 fully saturated rings. The number of hydrogen-bond donors (Lipinski definition) is 2. The minimum absolute atomic E-state index is 0.216. The fourth-order valence-electron chi connectivity index (χ4n) is 1.73. The van der Waals surface area contributed by atoms with Crippen LogP contribution in [-0.2, 0) is 4.74 Å². The topological polar surface area (TPSA) is 41.5 Å². The zero-order valence-corrected chi connectivity index (χ0v) is 8.62. The normalized spacial score (nSPS) is 27.5. The van der Waals surface area contributed by atoms with Crippen molar-refractivity contribution in [1.29, 1.82) is 0 Å². The van der Waals surface area contributed by atoms with Crippen LogP contribution in [0.25, 0.3) is 0 Å². The molecular weight excluding hydrogens is 166 g/mol. The fourth-order valence-corrected chi connectivity index (χ4v) is 1.73. The molecule has 0 aliphatic carbocycles. The number of aliphatic hydroxyl groups excluding tert-OH is 1. The van der Waals surface area contributed by atoms with Crippen LogP contribution < -0.4 is 5.32 Å². The third-order valence-electron chi connectivity index (χ3n) is 2.41. The first kappa shape index (κ1) is 11.0. The molecule has 0 aromatic rings. The van der Waals surface area contributed by atoms with Gasteiger partial charge in [0.15, 0.2) is 0 Å². The Hall–Kier alpha value is -0.120. The van der Waals surface area contributed by atoms with Gasteiger partial charge in [-0.25, -0.2) is 0 Å². The van der Waals surface area contributed by atoms with Gasteiger partial charge in [0.25, 0.3) is 0 Å². The third-order valence-corrected chi connectivity index (χ3v) is 2.41. The molecule has 78 valence electrons. The highest BCUT2D eigenvalue weighted by molar-refractivity contribution is 4.71. The van der Waals surface area contributed by atoms with Crippen molar-refractivity contribution < 1.29 is 9.84 Å². The third kappa shape index (κ3) is 4.60. The maximum Gasteiger partial charge on any atom is 0.0700 e. The van der Waals surface area contributed by atoms with E-state index in [9.17, 15) is 0 Å². The molecule has 0 aromatic carbocycles. The Morgan fingerprint density at radius 3 is 2.85 bits per heavy atom. The second-order valence-electron chi connectivity index (χ2n) is 4.03. The molecule has 0 saturated carbocycles. The standard InChI is InChI=1S/C10H21NO2/c1-8(6-9(2)12)11-7-10-4-3-5-13-10/h8-12H,3-7H2,1-2H3. The predicted molar refractivity (Wildman–Crippen MR) is 52.7 cm³/mol. The summed E-state index contributed by atoms with van der Waals surface area (Å²) in [5, 5.41) is 12.5. The molecule has 3 atom stereocenters. The van der Waals surface area contributed by atoms with Gasteiger partial charge < -0.3 is 15.2 Å². The van der Waals surface area contributed by atoms with Crippen LogP contribution in [-0.4, -0.2) is 36.5 Å². The van der Waals surface area contributed by atoms with Crippen LogP contribution in [0.4, 0.5) is 0 Å². The van der Waals surface area contributed by atoms with E-state index in [2.05, 4.69) is 12.2 Å². The lowest BCUT2D eigenvalue weighted by atomic mass is 10.1. The average molecular weight is 187 g/mol. The maximum absolute atomic E-state index is 9.14. The summed E-state index contributed by atoms with van der Waals surface area (Å²) in [6.07, 6.45) is 3.36. The van der Waals surface area contributed by atoms with Gasteiger partial charge in [-0.2, -0.15) is 0 Å². The molecule has 3 unspecified atom stereocenters. The SMILES string of the molecule is CC(O)CC(C)NCC1CCCO1. The van der Waals surface area contributed by atoms with Crippen molar-refractivity contribution in [3.63, 3.8) is 0 Å². The molecule has 0 amide bonds. The van der Waals surface area contributed by atoms with Gasteiger partial charge in [0.05, 0.1) is 12.2 Å². The molecule has 1 aliphatic heterocycles. The summed E-state index contributed by atoms with van der Waals surface area (Å²) < 4.78 is 5.48. The van der Waals surface area contributed by atoms with Gasteiger partial charge in [-0.1, -0.05) is 0 Å². The highest BCUT2D eigenvalue weighted by Gasteiger charge is 2.16. The van der Waals surface area contributed by atoms with Gasteiger partial charge in [0, 0.05) is 19.2 Å². The summed E-state index contributed by atoms with van der Waals surface area (Å²) in [6.45, 7) is 5.76. The van der Waals surface area contributed by atoms with E-state index >= 15 is 0 Å². The minimum Gasteiger partial charge on any atom is -0.393 e. The number of rotatable bonds is 5. The largest absolute Gasteiger partial charge is 0.393 e. The molecule has 0 spiro atoms. The highest BCUT2D eigenvalue weighted by Crippen LogP contribution is 2.11. The van der Waals surface area contributed by atoms with E-state index in [1.807, 2.05) is 6.92 Å². The van der Waals surface area contributed by atoms with Gasteiger partial charge in [-0.05, 0) is 33.1 Å². The van der Waals surface area contributed by atoms with E-state index in [1.165, 1.54) is 12.8 Å². The van der Waals surface area contributed by atoms with Crippen LogP contribution in [0.2, 0.25) is 0 Å². The number of ether oxygens (including phenoxy) is 1. The second-order valence-corrected chi connectivity index (χ2v) is 4.03. The molecule has 1 aliphatic rings. The smallest absolute Gasteiger partial charge is 0.0700 e. The molecule has 0 radical (unpaired) electrons. The molecule has 2 N–H and O–H groups in total. The number of nitrogens with one attached hydrogen (secondary N) is 1. The monoisotopic (exact) mass is 187 g/mol. The molecule has 0 aromatic heterocycles. The summed E-state index contributed by atoms with van der Waals surface area (Å²) in [5.74, 6) is 0. The van der Waals surface area contributed by atoms with Crippen LogP contribution in [0.5, 0.6) is 0 Å². The van der Waals surface area contributed by atoms with Crippen molar-refractivity contribution in [2.45, 2.75) is 51.4 Å². The van der Waals surface area contributed by atoms with Crippen molar-refractivity contribution in [2.75, 3.05) is 13.2 Å². The summed E-state index contributed by atoms with van der Waals surface area (Å²) in [6, 6.07) is 0.379. The van der Waals surface area contributed by atoms with Crippen molar-refractivity contribution in [1.82, 2.24) is 5.32 Å². The Bertz CT molecular complexity index is 133. The molecular formula is C10H21NO2. The van der Waals surface area contributed by atoms with Gasteiger partial charge in [-0.3, -0.25) is 0 Å². The lowest BCUT2D eigenvalue weighted by molar-refractivity contribution is 0.104. The summed E-state index contributed by atoms with van der Waals surface area (Å²) >= 11 is 0. The van der Waals surface area contributed by atoms with E-state index in [4.69, 9.17) is 9.84 Å². The Morgan fingerprint density at radius 2 is 2.31 bits per heavy atom. The summed E-state index contributed by atoms with van der Waals surface area (Å²) in [5.41, 5.74) is 0. The second kappa shape index (κ2) is 5.58. The lowest BCUT2D eigenvalue weighted by Gasteiger charge is -2.17. The van der Waals surface area contributed by atoms with Crippen molar-refractivity contribution >= 4 is 0 Å². The molecule has 1 heterocycles. The van der Waals surface area contributed by atoms with Gasteiger partial charge in [0.1, 0.15) is 0 Å². The van der Waals surface area contributed by atoms with E-state index in [0.29, 0.717) is 12.1 Å². The van der Waals surface area contributed by atoms with Gasteiger partial charge in [0.2, 0.25) is 0 Å². The fraction of sp³-hybridized carbons (Fsp3) is 1.00. The van der Waals surface area contributed by atoms with Gasteiger partial charge in [-0.15, -0.1) is 0 Å². The van der Waals surface area contributed by atoms with Crippen molar-refractivity contribution in [3.8, 4) is 0 Å². The van der Waals surface area contributed by atoms with Gasteiger partial charge >= 0.3 is 0 Å². The Morgan fingerprint density at radius 1 is 1.54 bits per heavy atom. The van der Waals surface area contributed by atoms with E-state index in [1.54, 1.807) is 0 Å². The zero-order chi connectivity index (χ0) is 9.68. The first-order valence-corrected chi connectivity index (χ1v) is 5.21. The van der Waals surface area contributed by atoms with E-state index in [-0.39, 0.29) is 6.10 Å². The Kier molecular flexibility index (Phi) is 4.70. The Balaban J connectivity index is 2.03. The van der Waals surface area contributed by atoms with Crippen molar-refractivity contribution in [2.24, 2.45) is 0 Å². The predicted octanol–water partition coefficient (Wildman–Crippen LogP) is 0.914. The first-order valence-electron chi connectivity index (χ1n) is 5.21. The molecule has 3 nitrogen and oxygen atoms in total. The summed E-state index contributed by atoms with van der Waals surface area (Å²) in [7, 11) is 0. The molecule has 3 heteroatoms. The van der Waals surface area contributed by atoms with E-state index in [0.717, 1.165) is 19.6 Å². The summed E-state index contributed by atoms with van der Waals surface area (Å²) in [4.78, 5) is 0. The van der Waals surface area contributed by atoms with Crippen LogP contribution >= 0.6 is 0 Å². The average Bonchev–Trinajstić information content (AvgIpc) is 2.51. The number of hydrogen-bond acceptors (Lipinski definition) is 3. The molecule has 0 bridgehead atoms. The maximum atomic E-state index is 9.14.